The third-order valence-electron chi connectivity index (χ3n) is 2.52. The molecule has 0 aromatic rings. The minimum Gasteiger partial charge on any atom is -0.388 e. The van der Waals surface area contributed by atoms with Crippen LogP contribution in [-0.2, 0) is 4.74 Å². The second-order valence-electron chi connectivity index (χ2n) is 3.87. The van der Waals surface area contributed by atoms with Gasteiger partial charge in [0.25, 0.3) is 0 Å². The summed E-state index contributed by atoms with van der Waals surface area (Å²) >= 11 is 0. The fourth-order valence-corrected chi connectivity index (χ4v) is 1.67. The molecule has 0 aromatic heterocycles. The van der Waals surface area contributed by atoms with E-state index in [2.05, 4.69) is 12.2 Å². The zero-order valence-corrected chi connectivity index (χ0v) is 8.51. The Kier molecular flexibility index (Phi) is 4.70. The predicted octanol–water partition coefficient (Wildman–Crippen LogP) is 0.918. The minimum atomic E-state index is -0.522. The van der Waals surface area contributed by atoms with Crippen molar-refractivity contribution in [2.24, 2.45) is 0 Å². The molecule has 3 heteroatoms. The van der Waals surface area contributed by atoms with Crippen molar-refractivity contribution in [1.82, 2.24) is 5.32 Å². The van der Waals surface area contributed by atoms with Gasteiger partial charge in [-0.15, -0.1) is 0 Å². The van der Waals surface area contributed by atoms with Crippen LogP contribution in [0.25, 0.3) is 0 Å². The molecular weight excluding hydrogens is 166 g/mol. The Bertz CT molecular complexity index is 131. The quantitative estimate of drug-likeness (QED) is 0.643. The Morgan fingerprint density at radius 3 is 3.00 bits per heavy atom. The van der Waals surface area contributed by atoms with Crippen molar-refractivity contribution >= 4 is 0 Å². The number of rotatable bonds is 4. The number of aliphatic hydroxyl groups is 1. The molecule has 1 rings (SSSR count). The van der Waals surface area contributed by atoms with Gasteiger partial charge in [0.15, 0.2) is 0 Å². The summed E-state index contributed by atoms with van der Waals surface area (Å²) in [5.74, 6) is 0. The smallest absolute Gasteiger partial charge is 0.0794 e. The molecule has 0 aliphatic carbocycles. The van der Waals surface area contributed by atoms with E-state index < -0.39 is 5.60 Å². The van der Waals surface area contributed by atoms with Gasteiger partial charge in [-0.25, -0.2) is 0 Å². The van der Waals surface area contributed by atoms with Crippen LogP contribution >= 0.6 is 0 Å². The standard InChI is InChI=1S/C10H21NO2/c1-2-6-11-9-10(12)4-3-7-13-8-5-10/h11-12H,2-9H2,1H3. The zero-order valence-electron chi connectivity index (χ0n) is 8.51. The fraction of sp³-hybridized carbons (Fsp3) is 1.00. The van der Waals surface area contributed by atoms with Crippen LogP contribution in [0.5, 0.6) is 0 Å². The average molecular weight is 187 g/mol. The molecule has 1 unspecified atom stereocenters. The number of hydrogen-bond acceptors (Lipinski definition) is 3. The zero-order chi connectivity index (χ0) is 9.57. The molecule has 0 saturated carbocycles. The Labute approximate surface area is 80.5 Å². The van der Waals surface area contributed by atoms with Crippen LogP contribution in [0, 0.1) is 0 Å². The number of nitrogens with one attached hydrogen (secondary N) is 1. The van der Waals surface area contributed by atoms with Crippen LogP contribution in [0.2, 0.25) is 0 Å². The van der Waals surface area contributed by atoms with Crippen molar-refractivity contribution in [1.29, 1.82) is 0 Å². The summed E-state index contributed by atoms with van der Waals surface area (Å²) in [6, 6.07) is 0. The van der Waals surface area contributed by atoms with E-state index >= 15 is 0 Å². The van der Waals surface area contributed by atoms with Gasteiger partial charge in [0.05, 0.1) is 5.60 Å². The van der Waals surface area contributed by atoms with E-state index in [9.17, 15) is 5.11 Å². The van der Waals surface area contributed by atoms with E-state index in [4.69, 9.17) is 4.74 Å². The normalized spacial score (nSPS) is 30.0. The first-order chi connectivity index (χ1) is 6.27. The minimum absolute atomic E-state index is 0.522. The van der Waals surface area contributed by atoms with Gasteiger partial charge in [-0.1, -0.05) is 6.92 Å². The molecule has 1 saturated heterocycles. The third-order valence-corrected chi connectivity index (χ3v) is 2.52. The molecule has 1 atom stereocenters. The summed E-state index contributed by atoms with van der Waals surface area (Å²) in [6.45, 7) is 5.33. The maximum absolute atomic E-state index is 10.1. The Hall–Kier alpha value is -0.120. The van der Waals surface area contributed by atoms with Gasteiger partial charge in [-0.3, -0.25) is 0 Å². The van der Waals surface area contributed by atoms with Gasteiger partial charge in [-0.2, -0.15) is 0 Å². The molecule has 78 valence electrons. The summed E-state index contributed by atoms with van der Waals surface area (Å²) in [5, 5.41) is 13.4. The molecule has 3 nitrogen and oxygen atoms in total. The molecule has 0 radical (unpaired) electrons. The lowest BCUT2D eigenvalue weighted by Crippen LogP contribution is -2.41. The maximum atomic E-state index is 10.1. The van der Waals surface area contributed by atoms with E-state index in [0.29, 0.717) is 13.2 Å². The van der Waals surface area contributed by atoms with Crippen molar-refractivity contribution in [3.8, 4) is 0 Å². The number of ether oxygens (including phenoxy) is 1. The lowest BCUT2D eigenvalue weighted by atomic mass is 9.95. The SMILES string of the molecule is CCCNCC1(O)CCCOCC1. The van der Waals surface area contributed by atoms with Crippen LogP contribution in [-0.4, -0.2) is 37.0 Å². The van der Waals surface area contributed by atoms with E-state index in [-0.39, 0.29) is 0 Å². The summed E-state index contributed by atoms with van der Waals surface area (Å²) in [6.07, 6.45) is 3.73. The molecule has 1 fully saturated rings. The third kappa shape index (κ3) is 4.07. The van der Waals surface area contributed by atoms with Gasteiger partial charge in [0, 0.05) is 26.2 Å². The largest absolute Gasteiger partial charge is 0.388 e. The average Bonchev–Trinajstić information content (AvgIpc) is 2.31. The lowest BCUT2D eigenvalue weighted by molar-refractivity contribution is 0.0192. The van der Waals surface area contributed by atoms with Crippen LogP contribution in [0.15, 0.2) is 0 Å². The molecule has 0 spiro atoms. The molecule has 2 N–H and O–H groups in total. The van der Waals surface area contributed by atoms with Crippen LogP contribution < -0.4 is 5.32 Å². The van der Waals surface area contributed by atoms with E-state index in [0.717, 1.165) is 38.8 Å². The molecule has 0 bridgehead atoms. The predicted molar refractivity (Wildman–Crippen MR) is 52.8 cm³/mol. The molecular formula is C10H21NO2. The van der Waals surface area contributed by atoms with Crippen LogP contribution in [0.1, 0.15) is 32.6 Å². The fourth-order valence-electron chi connectivity index (χ4n) is 1.67. The molecule has 1 aliphatic heterocycles. The Morgan fingerprint density at radius 1 is 1.38 bits per heavy atom. The second-order valence-corrected chi connectivity index (χ2v) is 3.87. The van der Waals surface area contributed by atoms with Crippen molar-refractivity contribution < 1.29 is 9.84 Å². The number of hydrogen-bond donors (Lipinski definition) is 2. The first-order valence-corrected chi connectivity index (χ1v) is 5.28. The molecule has 0 amide bonds. The summed E-state index contributed by atoms with van der Waals surface area (Å²) in [5.41, 5.74) is -0.522. The van der Waals surface area contributed by atoms with Crippen LogP contribution in [0.3, 0.4) is 0 Å². The van der Waals surface area contributed by atoms with Gasteiger partial charge in [0.2, 0.25) is 0 Å². The highest BCUT2D eigenvalue weighted by Crippen LogP contribution is 2.19. The van der Waals surface area contributed by atoms with E-state index in [1.807, 2.05) is 0 Å². The van der Waals surface area contributed by atoms with Gasteiger partial charge in [0.1, 0.15) is 0 Å². The van der Waals surface area contributed by atoms with Gasteiger partial charge < -0.3 is 15.2 Å². The summed E-state index contributed by atoms with van der Waals surface area (Å²) < 4.78 is 5.31. The van der Waals surface area contributed by atoms with Gasteiger partial charge >= 0.3 is 0 Å². The first kappa shape index (κ1) is 11.0. The topological polar surface area (TPSA) is 41.5 Å². The van der Waals surface area contributed by atoms with Crippen molar-refractivity contribution in [2.75, 3.05) is 26.3 Å². The lowest BCUT2D eigenvalue weighted by Gasteiger charge is -2.26. The molecule has 1 aliphatic rings. The highest BCUT2D eigenvalue weighted by molar-refractivity contribution is 4.82. The van der Waals surface area contributed by atoms with Crippen LogP contribution in [0.4, 0.5) is 0 Å². The van der Waals surface area contributed by atoms with E-state index in [1.54, 1.807) is 0 Å². The Morgan fingerprint density at radius 2 is 2.23 bits per heavy atom. The van der Waals surface area contributed by atoms with Crippen molar-refractivity contribution in [2.45, 2.75) is 38.2 Å². The highest BCUT2D eigenvalue weighted by atomic mass is 16.5. The second kappa shape index (κ2) is 5.58. The molecule has 13 heavy (non-hydrogen) atoms. The van der Waals surface area contributed by atoms with Crippen molar-refractivity contribution in [3.05, 3.63) is 0 Å². The first-order valence-electron chi connectivity index (χ1n) is 5.28. The van der Waals surface area contributed by atoms with Gasteiger partial charge in [-0.05, 0) is 25.8 Å². The Balaban J connectivity index is 2.25. The van der Waals surface area contributed by atoms with E-state index in [1.165, 1.54) is 0 Å². The molecule has 1 heterocycles. The van der Waals surface area contributed by atoms with Crippen molar-refractivity contribution in [3.63, 3.8) is 0 Å². The maximum Gasteiger partial charge on any atom is 0.0794 e. The monoisotopic (exact) mass is 187 g/mol. The summed E-state index contributed by atoms with van der Waals surface area (Å²) in [7, 11) is 0. The molecule has 0 aromatic carbocycles. The summed E-state index contributed by atoms with van der Waals surface area (Å²) in [4.78, 5) is 0. The highest BCUT2D eigenvalue weighted by Gasteiger charge is 2.27.